The van der Waals surface area contributed by atoms with Crippen LogP contribution in [0.25, 0.3) is 0 Å². The zero-order valence-electron chi connectivity index (χ0n) is 11.3. The molecule has 0 spiro atoms. The summed E-state index contributed by atoms with van der Waals surface area (Å²) in [6.45, 7) is 0.453. The molecule has 1 N–H and O–H groups in total. The van der Waals surface area contributed by atoms with E-state index >= 15 is 0 Å². The Labute approximate surface area is 118 Å². The van der Waals surface area contributed by atoms with Gasteiger partial charge in [-0.3, -0.25) is 4.79 Å². The lowest BCUT2D eigenvalue weighted by Crippen LogP contribution is -2.24. The van der Waals surface area contributed by atoms with E-state index in [-0.39, 0.29) is 6.54 Å². The monoisotopic (exact) mass is 271 g/mol. The first-order chi connectivity index (χ1) is 9.65. The van der Waals surface area contributed by atoms with Crippen LogP contribution in [-0.4, -0.2) is 24.7 Å². The number of hydrogen-bond donors (Lipinski definition) is 1. The minimum atomic E-state index is -0.858. The molecule has 0 radical (unpaired) electrons. The van der Waals surface area contributed by atoms with Crippen LogP contribution in [0.2, 0.25) is 0 Å². The molecule has 0 fully saturated rings. The average Bonchev–Trinajstić information content (AvgIpc) is 2.46. The number of anilines is 1. The van der Waals surface area contributed by atoms with Crippen LogP contribution >= 0.6 is 0 Å². The number of nitrogens with zero attached hydrogens (tertiary/aromatic N) is 1. The van der Waals surface area contributed by atoms with Crippen molar-refractivity contribution in [3.63, 3.8) is 0 Å². The van der Waals surface area contributed by atoms with Crippen molar-refractivity contribution in [1.82, 2.24) is 0 Å². The van der Waals surface area contributed by atoms with Gasteiger partial charge in [0.05, 0.1) is 0 Å². The second-order valence-electron chi connectivity index (χ2n) is 4.52. The summed E-state index contributed by atoms with van der Waals surface area (Å²) in [4.78, 5) is 12.4. The van der Waals surface area contributed by atoms with Crippen molar-refractivity contribution < 1.29 is 14.6 Å². The van der Waals surface area contributed by atoms with Gasteiger partial charge >= 0.3 is 5.97 Å². The van der Waals surface area contributed by atoms with Crippen LogP contribution in [0, 0.1) is 0 Å². The van der Waals surface area contributed by atoms with Crippen molar-refractivity contribution in [3.8, 4) is 5.75 Å². The Balaban J connectivity index is 2.01. The molecule has 0 aliphatic carbocycles. The predicted molar refractivity (Wildman–Crippen MR) is 78.1 cm³/mol. The molecule has 0 heterocycles. The first-order valence-corrected chi connectivity index (χ1v) is 6.35. The summed E-state index contributed by atoms with van der Waals surface area (Å²) in [5.41, 5.74) is 1.91. The lowest BCUT2D eigenvalue weighted by molar-refractivity contribution is -0.135. The summed E-state index contributed by atoms with van der Waals surface area (Å²) < 4.78 is 5.71. The maximum Gasteiger partial charge on any atom is 0.323 e. The molecule has 4 nitrogen and oxygen atoms in total. The number of aliphatic carboxylic acids is 1. The molecule has 2 aromatic carbocycles. The van der Waals surface area contributed by atoms with Crippen molar-refractivity contribution in [2.24, 2.45) is 0 Å². The van der Waals surface area contributed by atoms with Crippen molar-refractivity contribution in [1.29, 1.82) is 0 Å². The van der Waals surface area contributed by atoms with Crippen LogP contribution in [0.5, 0.6) is 5.75 Å². The summed E-state index contributed by atoms with van der Waals surface area (Å²) in [6.07, 6.45) is 0. The second-order valence-corrected chi connectivity index (χ2v) is 4.52. The molecule has 0 atom stereocenters. The minimum Gasteiger partial charge on any atom is -0.489 e. The van der Waals surface area contributed by atoms with Crippen LogP contribution in [0.4, 0.5) is 5.69 Å². The van der Waals surface area contributed by atoms with E-state index in [2.05, 4.69) is 0 Å². The highest BCUT2D eigenvalue weighted by Crippen LogP contribution is 2.21. The van der Waals surface area contributed by atoms with Gasteiger partial charge in [0.1, 0.15) is 18.9 Å². The molecule has 0 bridgehead atoms. The van der Waals surface area contributed by atoms with Gasteiger partial charge < -0.3 is 14.7 Å². The third kappa shape index (κ3) is 4.02. The Morgan fingerprint density at radius 3 is 2.60 bits per heavy atom. The SMILES string of the molecule is CN(CC(=O)O)c1cccc(OCc2ccccc2)c1. The van der Waals surface area contributed by atoms with Gasteiger partial charge in [0.25, 0.3) is 0 Å². The second kappa shape index (κ2) is 6.61. The molecule has 20 heavy (non-hydrogen) atoms. The number of carbonyl (C=O) groups is 1. The Bertz CT molecular complexity index is 569. The molecule has 104 valence electrons. The number of likely N-dealkylation sites (N-methyl/N-ethyl adjacent to an activating group) is 1. The van der Waals surface area contributed by atoms with E-state index < -0.39 is 5.97 Å². The van der Waals surface area contributed by atoms with Gasteiger partial charge in [0.15, 0.2) is 0 Å². The number of carboxylic acid groups (broad SMARTS) is 1. The average molecular weight is 271 g/mol. The Morgan fingerprint density at radius 2 is 1.90 bits per heavy atom. The van der Waals surface area contributed by atoms with E-state index in [1.807, 2.05) is 54.6 Å². The van der Waals surface area contributed by atoms with Gasteiger partial charge in [-0.1, -0.05) is 36.4 Å². The number of benzene rings is 2. The van der Waals surface area contributed by atoms with Crippen LogP contribution in [0.3, 0.4) is 0 Å². The Hall–Kier alpha value is -2.49. The molecule has 0 aliphatic rings. The maximum atomic E-state index is 10.7. The van der Waals surface area contributed by atoms with Gasteiger partial charge in [-0.05, 0) is 17.7 Å². The van der Waals surface area contributed by atoms with Gasteiger partial charge in [0.2, 0.25) is 0 Å². The Kier molecular flexibility index (Phi) is 4.60. The van der Waals surface area contributed by atoms with Crippen LogP contribution in [0.15, 0.2) is 54.6 Å². The molecule has 0 unspecified atom stereocenters. The molecule has 0 aromatic heterocycles. The van der Waals surface area contributed by atoms with E-state index in [9.17, 15) is 4.79 Å². The van der Waals surface area contributed by atoms with Crippen molar-refractivity contribution >= 4 is 11.7 Å². The highest BCUT2D eigenvalue weighted by molar-refractivity contribution is 5.73. The molecule has 4 heteroatoms. The number of carboxylic acids is 1. The zero-order valence-corrected chi connectivity index (χ0v) is 11.3. The summed E-state index contributed by atoms with van der Waals surface area (Å²) in [5.74, 6) is -0.133. The maximum absolute atomic E-state index is 10.7. The van der Waals surface area contributed by atoms with E-state index in [4.69, 9.17) is 9.84 Å². The zero-order chi connectivity index (χ0) is 14.4. The summed E-state index contributed by atoms with van der Waals surface area (Å²) in [5, 5.41) is 8.79. The smallest absolute Gasteiger partial charge is 0.323 e. The lowest BCUT2D eigenvalue weighted by Gasteiger charge is -2.17. The fourth-order valence-corrected chi connectivity index (χ4v) is 1.85. The molecular formula is C16H17NO3. The standard InChI is InChI=1S/C16H17NO3/c1-17(11-16(18)19)14-8-5-9-15(10-14)20-12-13-6-3-2-4-7-13/h2-10H,11-12H2,1H3,(H,18,19). The quantitative estimate of drug-likeness (QED) is 0.877. The summed E-state index contributed by atoms with van der Waals surface area (Å²) >= 11 is 0. The van der Waals surface area contributed by atoms with Crippen LogP contribution < -0.4 is 9.64 Å². The van der Waals surface area contributed by atoms with Gasteiger partial charge in [0, 0.05) is 18.8 Å². The fourth-order valence-electron chi connectivity index (χ4n) is 1.85. The first-order valence-electron chi connectivity index (χ1n) is 6.35. The van der Waals surface area contributed by atoms with Crippen LogP contribution in [0.1, 0.15) is 5.56 Å². The highest BCUT2D eigenvalue weighted by atomic mass is 16.5. The fraction of sp³-hybridized carbons (Fsp3) is 0.188. The number of rotatable bonds is 6. The molecule has 2 aromatic rings. The minimum absolute atomic E-state index is 0.0395. The first kappa shape index (κ1) is 13.9. The highest BCUT2D eigenvalue weighted by Gasteiger charge is 2.06. The Morgan fingerprint density at radius 1 is 1.15 bits per heavy atom. The van der Waals surface area contributed by atoms with E-state index in [1.165, 1.54) is 0 Å². The van der Waals surface area contributed by atoms with E-state index in [0.717, 1.165) is 17.0 Å². The molecular weight excluding hydrogens is 254 g/mol. The van der Waals surface area contributed by atoms with Crippen molar-refractivity contribution in [2.45, 2.75) is 6.61 Å². The molecule has 0 amide bonds. The molecule has 0 saturated carbocycles. The predicted octanol–water partition coefficient (Wildman–Crippen LogP) is 2.79. The third-order valence-electron chi connectivity index (χ3n) is 2.88. The number of ether oxygens (including phenoxy) is 1. The topological polar surface area (TPSA) is 49.8 Å². The largest absolute Gasteiger partial charge is 0.489 e. The third-order valence-corrected chi connectivity index (χ3v) is 2.88. The van der Waals surface area contributed by atoms with E-state index in [0.29, 0.717) is 6.61 Å². The summed E-state index contributed by atoms with van der Waals surface area (Å²) in [7, 11) is 1.74. The van der Waals surface area contributed by atoms with Crippen molar-refractivity contribution in [3.05, 3.63) is 60.2 Å². The normalized spacial score (nSPS) is 10.1. The molecule has 0 saturated heterocycles. The van der Waals surface area contributed by atoms with Crippen LogP contribution in [-0.2, 0) is 11.4 Å². The van der Waals surface area contributed by atoms with Gasteiger partial charge in [-0.2, -0.15) is 0 Å². The van der Waals surface area contributed by atoms with E-state index in [1.54, 1.807) is 11.9 Å². The molecule has 0 aliphatic heterocycles. The lowest BCUT2D eigenvalue weighted by atomic mass is 10.2. The van der Waals surface area contributed by atoms with Crippen molar-refractivity contribution in [2.75, 3.05) is 18.5 Å². The number of hydrogen-bond acceptors (Lipinski definition) is 3. The molecule has 2 rings (SSSR count). The summed E-state index contributed by atoms with van der Waals surface area (Å²) in [6, 6.07) is 17.3. The van der Waals surface area contributed by atoms with Gasteiger partial charge in [-0.15, -0.1) is 0 Å². The van der Waals surface area contributed by atoms with Gasteiger partial charge in [-0.25, -0.2) is 0 Å².